The number of rotatable bonds is 3. The van der Waals surface area contributed by atoms with Crippen molar-refractivity contribution >= 4 is 11.5 Å². The number of aromatic nitrogens is 1. The molecule has 0 amide bonds. The fraction of sp³-hybridized carbons (Fsp3) is 0.643. The van der Waals surface area contributed by atoms with Gasteiger partial charge in [0.1, 0.15) is 5.82 Å². The summed E-state index contributed by atoms with van der Waals surface area (Å²) >= 11 is 0. The van der Waals surface area contributed by atoms with E-state index < -0.39 is 0 Å². The molecule has 100 valence electrons. The van der Waals surface area contributed by atoms with Gasteiger partial charge in [0.2, 0.25) is 0 Å². The monoisotopic (exact) mass is 248 g/mol. The molecule has 3 N–H and O–H groups in total. The number of likely N-dealkylation sites (tertiary alicyclic amines) is 1. The first-order valence-corrected chi connectivity index (χ1v) is 6.64. The third-order valence-corrected chi connectivity index (χ3v) is 4.08. The highest BCUT2D eigenvalue weighted by Crippen LogP contribution is 2.31. The Morgan fingerprint density at radius 1 is 1.44 bits per heavy atom. The summed E-state index contributed by atoms with van der Waals surface area (Å²) in [7, 11) is 2.19. The quantitative estimate of drug-likeness (QED) is 0.860. The molecule has 0 bridgehead atoms. The molecule has 4 nitrogen and oxygen atoms in total. The minimum absolute atomic E-state index is 0.352. The molecular weight excluding hydrogens is 224 g/mol. The maximum absolute atomic E-state index is 6.03. The van der Waals surface area contributed by atoms with Crippen molar-refractivity contribution in [2.75, 3.05) is 37.7 Å². The topological polar surface area (TPSA) is 54.2 Å². The van der Waals surface area contributed by atoms with Crippen LogP contribution in [0.5, 0.6) is 0 Å². The van der Waals surface area contributed by atoms with E-state index in [0.717, 1.165) is 23.6 Å². The van der Waals surface area contributed by atoms with Gasteiger partial charge in [-0.05, 0) is 56.9 Å². The van der Waals surface area contributed by atoms with Crippen molar-refractivity contribution in [1.29, 1.82) is 0 Å². The van der Waals surface area contributed by atoms with E-state index in [1.165, 1.54) is 25.9 Å². The van der Waals surface area contributed by atoms with Crippen LogP contribution in [0.1, 0.15) is 25.3 Å². The average molecular weight is 248 g/mol. The van der Waals surface area contributed by atoms with Gasteiger partial charge < -0.3 is 16.0 Å². The maximum atomic E-state index is 6.03. The van der Waals surface area contributed by atoms with Crippen molar-refractivity contribution in [2.45, 2.75) is 26.7 Å². The van der Waals surface area contributed by atoms with E-state index in [9.17, 15) is 0 Å². The van der Waals surface area contributed by atoms with Gasteiger partial charge in [-0.25, -0.2) is 4.98 Å². The molecule has 1 aromatic heterocycles. The highest BCUT2D eigenvalue weighted by Gasteiger charge is 2.28. The fourth-order valence-electron chi connectivity index (χ4n) is 2.34. The summed E-state index contributed by atoms with van der Waals surface area (Å²) < 4.78 is 0. The Morgan fingerprint density at radius 2 is 2.11 bits per heavy atom. The van der Waals surface area contributed by atoms with E-state index in [1.807, 2.05) is 19.2 Å². The molecule has 0 unspecified atom stereocenters. The maximum Gasteiger partial charge on any atom is 0.149 e. The standard InChI is InChI=1S/C14H24N4/c1-11-4-7-16-13(12(11)15)17-10-14(2)5-8-18(3)9-6-14/h4,7H,5-6,8-10,15H2,1-3H3,(H,16,17). The van der Waals surface area contributed by atoms with Crippen LogP contribution in [0, 0.1) is 12.3 Å². The van der Waals surface area contributed by atoms with Crippen LogP contribution in [-0.2, 0) is 0 Å². The number of hydrogen-bond acceptors (Lipinski definition) is 4. The number of piperidine rings is 1. The van der Waals surface area contributed by atoms with E-state index in [2.05, 4.69) is 29.2 Å². The number of aryl methyl sites for hydroxylation is 1. The highest BCUT2D eigenvalue weighted by atomic mass is 15.1. The minimum Gasteiger partial charge on any atom is -0.396 e. The number of anilines is 2. The first kappa shape index (κ1) is 13.1. The number of nitrogens with zero attached hydrogens (tertiary/aromatic N) is 2. The van der Waals surface area contributed by atoms with Gasteiger partial charge in [-0.2, -0.15) is 0 Å². The molecule has 0 aliphatic carbocycles. The van der Waals surface area contributed by atoms with E-state index in [4.69, 9.17) is 5.73 Å². The largest absolute Gasteiger partial charge is 0.396 e. The molecule has 0 spiro atoms. The van der Waals surface area contributed by atoms with Crippen LogP contribution in [-0.4, -0.2) is 36.6 Å². The first-order chi connectivity index (χ1) is 8.50. The molecule has 1 saturated heterocycles. The summed E-state index contributed by atoms with van der Waals surface area (Å²) in [5, 5.41) is 3.42. The highest BCUT2D eigenvalue weighted by molar-refractivity contribution is 5.64. The molecule has 18 heavy (non-hydrogen) atoms. The molecule has 1 aromatic rings. The number of hydrogen-bond donors (Lipinski definition) is 2. The molecule has 1 aliphatic rings. The van der Waals surface area contributed by atoms with Crippen molar-refractivity contribution in [1.82, 2.24) is 9.88 Å². The molecule has 0 saturated carbocycles. The van der Waals surface area contributed by atoms with E-state index in [1.54, 1.807) is 0 Å². The molecule has 4 heteroatoms. The van der Waals surface area contributed by atoms with Crippen molar-refractivity contribution < 1.29 is 0 Å². The van der Waals surface area contributed by atoms with Crippen LogP contribution < -0.4 is 11.1 Å². The van der Waals surface area contributed by atoms with Crippen molar-refractivity contribution in [3.05, 3.63) is 17.8 Å². The van der Waals surface area contributed by atoms with E-state index >= 15 is 0 Å². The predicted octanol–water partition coefficient (Wildman–Crippen LogP) is 2.12. The van der Waals surface area contributed by atoms with Gasteiger partial charge in [0.15, 0.2) is 0 Å². The Hall–Kier alpha value is -1.29. The van der Waals surface area contributed by atoms with Gasteiger partial charge in [-0.1, -0.05) is 6.92 Å². The van der Waals surface area contributed by atoms with Crippen LogP contribution in [0.25, 0.3) is 0 Å². The number of nitrogen functional groups attached to an aromatic ring is 1. The summed E-state index contributed by atoms with van der Waals surface area (Å²) in [6.07, 6.45) is 4.26. The fourth-order valence-corrected chi connectivity index (χ4v) is 2.34. The van der Waals surface area contributed by atoms with Gasteiger partial charge in [0.05, 0.1) is 5.69 Å². The second kappa shape index (κ2) is 5.14. The number of nitrogens with one attached hydrogen (secondary N) is 1. The Labute approximate surface area is 110 Å². The summed E-state index contributed by atoms with van der Waals surface area (Å²) in [4.78, 5) is 6.71. The first-order valence-electron chi connectivity index (χ1n) is 6.64. The lowest BCUT2D eigenvalue weighted by molar-refractivity contribution is 0.150. The summed E-state index contributed by atoms with van der Waals surface area (Å²) in [5.41, 5.74) is 8.24. The van der Waals surface area contributed by atoms with Gasteiger partial charge >= 0.3 is 0 Å². The summed E-state index contributed by atoms with van der Waals surface area (Å²) in [6, 6.07) is 1.94. The molecule has 2 heterocycles. The van der Waals surface area contributed by atoms with Crippen LogP contribution >= 0.6 is 0 Å². The zero-order chi connectivity index (χ0) is 13.2. The molecule has 1 fully saturated rings. The zero-order valence-electron chi connectivity index (χ0n) is 11.7. The Morgan fingerprint density at radius 3 is 2.78 bits per heavy atom. The Kier molecular flexibility index (Phi) is 3.76. The zero-order valence-corrected chi connectivity index (χ0v) is 11.7. The van der Waals surface area contributed by atoms with Gasteiger partial charge in [0, 0.05) is 12.7 Å². The van der Waals surface area contributed by atoms with Crippen LogP contribution in [0.2, 0.25) is 0 Å². The SMILES string of the molecule is Cc1ccnc(NCC2(C)CCN(C)CC2)c1N. The third-order valence-electron chi connectivity index (χ3n) is 4.08. The Bertz CT molecular complexity index is 408. The van der Waals surface area contributed by atoms with Crippen molar-refractivity contribution in [3.8, 4) is 0 Å². The summed E-state index contributed by atoms with van der Waals surface area (Å²) in [6.45, 7) is 7.66. The molecular formula is C14H24N4. The second-order valence-electron chi connectivity index (χ2n) is 5.86. The average Bonchev–Trinajstić information content (AvgIpc) is 2.35. The normalized spacial score (nSPS) is 19.7. The van der Waals surface area contributed by atoms with Crippen LogP contribution in [0.3, 0.4) is 0 Å². The van der Waals surface area contributed by atoms with Crippen molar-refractivity contribution in [3.63, 3.8) is 0 Å². The molecule has 1 aliphatic heterocycles. The van der Waals surface area contributed by atoms with E-state index in [-0.39, 0.29) is 0 Å². The summed E-state index contributed by atoms with van der Waals surface area (Å²) in [5.74, 6) is 0.829. The van der Waals surface area contributed by atoms with Gasteiger partial charge in [0.25, 0.3) is 0 Å². The van der Waals surface area contributed by atoms with Crippen LogP contribution in [0.15, 0.2) is 12.3 Å². The second-order valence-corrected chi connectivity index (χ2v) is 5.86. The molecule has 0 radical (unpaired) electrons. The van der Waals surface area contributed by atoms with Crippen molar-refractivity contribution in [2.24, 2.45) is 5.41 Å². The minimum atomic E-state index is 0.352. The number of pyridine rings is 1. The van der Waals surface area contributed by atoms with Gasteiger partial charge in [-0.3, -0.25) is 0 Å². The lowest BCUT2D eigenvalue weighted by Crippen LogP contribution is -2.40. The lowest BCUT2D eigenvalue weighted by Gasteiger charge is -2.38. The smallest absolute Gasteiger partial charge is 0.149 e. The molecule has 0 atom stereocenters. The van der Waals surface area contributed by atoms with Crippen LogP contribution in [0.4, 0.5) is 11.5 Å². The third kappa shape index (κ3) is 2.93. The Balaban J connectivity index is 1.97. The molecule has 0 aromatic carbocycles. The predicted molar refractivity (Wildman–Crippen MR) is 76.7 cm³/mol. The van der Waals surface area contributed by atoms with E-state index in [0.29, 0.717) is 5.41 Å². The number of nitrogens with two attached hydrogens (primary N) is 1. The van der Waals surface area contributed by atoms with Gasteiger partial charge in [-0.15, -0.1) is 0 Å². The molecule has 2 rings (SSSR count). The lowest BCUT2D eigenvalue weighted by atomic mass is 9.80.